The van der Waals surface area contributed by atoms with E-state index in [0.29, 0.717) is 5.01 Å². The number of carbonyl (C=O) groups is 1. The average molecular weight is 430 g/mol. The molecule has 0 aliphatic rings. The zero-order chi connectivity index (χ0) is 21.8. The smallest absolute Gasteiger partial charge is 0.360 e. The van der Waals surface area contributed by atoms with Gasteiger partial charge in [0.05, 0.1) is 5.41 Å². The van der Waals surface area contributed by atoms with Crippen LogP contribution in [0.3, 0.4) is 0 Å². The summed E-state index contributed by atoms with van der Waals surface area (Å²) in [5, 5.41) is 22.3. The number of aliphatic carboxylic acids is 1. The Bertz CT molecular complexity index is 1130. The summed E-state index contributed by atoms with van der Waals surface area (Å²) in [5.74, 6) is -1.41. The highest BCUT2D eigenvalue weighted by Gasteiger charge is 2.42. The number of nitrogens with zero attached hydrogens (tertiary/aromatic N) is 2. The van der Waals surface area contributed by atoms with Gasteiger partial charge in [-0.15, -0.1) is 0 Å². The van der Waals surface area contributed by atoms with Crippen molar-refractivity contribution in [1.29, 1.82) is 0 Å². The van der Waals surface area contributed by atoms with Crippen LogP contribution in [0.5, 0.6) is 0 Å². The topological polar surface area (TPSA) is 109 Å². The lowest BCUT2D eigenvalue weighted by molar-refractivity contribution is -0.129. The number of rotatable bonds is 6. The first-order valence-electron chi connectivity index (χ1n) is 9.48. The Hall–Kier alpha value is -3.97. The van der Waals surface area contributed by atoms with Crippen molar-refractivity contribution in [2.75, 3.05) is 5.73 Å². The van der Waals surface area contributed by atoms with E-state index in [1.54, 1.807) is 0 Å². The Morgan fingerprint density at radius 2 is 1.26 bits per heavy atom. The summed E-state index contributed by atoms with van der Waals surface area (Å²) in [6, 6.07) is 29.6. The van der Waals surface area contributed by atoms with Gasteiger partial charge in [0.1, 0.15) is 15.7 Å². The second kappa shape index (κ2) is 8.41. The number of hydrogen-bond donors (Lipinski definition) is 3. The quantitative estimate of drug-likeness (QED) is 0.182. The molecule has 0 amide bonds. The number of anilines is 1. The summed E-state index contributed by atoms with van der Waals surface area (Å²) in [5.41, 5.74) is 7.54. The molecule has 31 heavy (non-hydrogen) atoms. The van der Waals surface area contributed by atoms with Gasteiger partial charge in [-0.1, -0.05) is 107 Å². The van der Waals surface area contributed by atoms with Crippen molar-refractivity contribution in [2.45, 2.75) is 5.41 Å². The summed E-state index contributed by atoms with van der Waals surface area (Å²) in [6.45, 7) is 0. The molecule has 0 saturated heterocycles. The first-order valence-corrected chi connectivity index (χ1v) is 10.3. The molecule has 0 saturated carbocycles. The highest BCUT2D eigenvalue weighted by molar-refractivity contribution is 7.16. The Morgan fingerprint density at radius 1 is 0.839 bits per heavy atom. The van der Waals surface area contributed by atoms with E-state index in [2.05, 4.69) is 10.1 Å². The standard InChI is InChI=1S/C24H19N3O3S/c25-21-19(20(27-30)22(28)29)26-23(31-21)24(16-10-4-1-5-11-16,17-12-6-2-7-13-17)18-14-8-3-9-15-18/h1-15,30H,25H2,(H,28,29). The van der Waals surface area contributed by atoms with Crippen LogP contribution in [0.15, 0.2) is 96.2 Å². The van der Waals surface area contributed by atoms with Gasteiger partial charge >= 0.3 is 5.97 Å². The third-order valence-electron chi connectivity index (χ3n) is 5.12. The summed E-state index contributed by atoms with van der Waals surface area (Å²) in [7, 11) is 0. The molecule has 0 atom stereocenters. The van der Waals surface area contributed by atoms with Crippen LogP contribution in [0.1, 0.15) is 27.4 Å². The van der Waals surface area contributed by atoms with E-state index >= 15 is 0 Å². The van der Waals surface area contributed by atoms with Crippen molar-refractivity contribution in [3.05, 3.63) is 118 Å². The first-order chi connectivity index (χ1) is 15.1. The zero-order valence-corrected chi connectivity index (χ0v) is 17.2. The van der Waals surface area contributed by atoms with Crippen LogP contribution < -0.4 is 5.73 Å². The summed E-state index contributed by atoms with van der Waals surface area (Å²) >= 11 is 1.18. The van der Waals surface area contributed by atoms with Crippen molar-refractivity contribution in [2.24, 2.45) is 5.16 Å². The maximum absolute atomic E-state index is 11.6. The highest BCUT2D eigenvalue weighted by atomic mass is 32.1. The first kappa shape index (κ1) is 20.3. The number of aromatic nitrogens is 1. The predicted octanol–water partition coefficient (Wildman–Crippen LogP) is 4.37. The summed E-state index contributed by atoms with van der Waals surface area (Å²) < 4.78 is 0. The molecular weight excluding hydrogens is 410 g/mol. The molecule has 1 aromatic heterocycles. The number of thiazole rings is 1. The number of carboxylic acids is 1. The van der Waals surface area contributed by atoms with Crippen molar-refractivity contribution in [3.8, 4) is 0 Å². The summed E-state index contributed by atoms with van der Waals surface area (Å²) in [4.78, 5) is 16.2. The lowest BCUT2D eigenvalue weighted by Crippen LogP contribution is -2.31. The predicted molar refractivity (Wildman–Crippen MR) is 121 cm³/mol. The largest absolute Gasteiger partial charge is 0.476 e. The monoisotopic (exact) mass is 429 g/mol. The van der Waals surface area contributed by atoms with E-state index in [1.165, 1.54) is 11.3 Å². The number of nitrogen functional groups attached to an aromatic ring is 1. The molecule has 4 N–H and O–H groups in total. The van der Waals surface area contributed by atoms with Gasteiger partial charge in [0.25, 0.3) is 0 Å². The number of nitrogens with two attached hydrogens (primary N) is 1. The van der Waals surface area contributed by atoms with E-state index in [1.807, 2.05) is 91.0 Å². The fraction of sp³-hybridized carbons (Fsp3) is 0.0417. The fourth-order valence-electron chi connectivity index (χ4n) is 3.79. The lowest BCUT2D eigenvalue weighted by atomic mass is 9.70. The Morgan fingerprint density at radius 3 is 1.61 bits per heavy atom. The molecule has 0 spiro atoms. The SMILES string of the molecule is Nc1sc(C(c2ccccc2)(c2ccccc2)c2ccccc2)nc1C(=NO)C(=O)O. The van der Waals surface area contributed by atoms with Crippen molar-refractivity contribution in [3.63, 3.8) is 0 Å². The van der Waals surface area contributed by atoms with Gasteiger partial charge in [-0.05, 0) is 16.7 Å². The van der Waals surface area contributed by atoms with Gasteiger partial charge < -0.3 is 16.0 Å². The van der Waals surface area contributed by atoms with Gasteiger partial charge in [0, 0.05) is 0 Å². The lowest BCUT2D eigenvalue weighted by Gasteiger charge is -2.34. The Kier molecular flexibility index (Phi) is 5.51. The minimum Gasteiger partial charge on any atom is -0.476 e. The third kappa shape index (κ3) is 3.45. The Balaban J connectivity index is 2.11. The van der Waals surface area contributed by atoms with Crippen LogP contribution in [0.25, 0.3) is 0 Å². The van der Waals surface area contributed by atoms with Gasteiger partial charge in [-0.2, -0.15) is 0 Å². The molecule has 154 valence electrons. The molecule has 0 unspecified atom stereocenters. The van der Waals surface area contributed by atoms with E-state index < -0.39 is 17.1 Å². The van der Waals surface area contributed by atoms with Crippen molar-refractivity contribution >= 4 is 28.0 Å². The van der Waals surface area contributed by atoms with Gasteiger partial charge in [-0.25, -0.2) is 9.78 Å². The average Bonchev–Trinajstić information content (AvgIpc) is 3.18. The molecule has 3 aromatic carbocycles. The maximum atomic E-state index is 11.6. The van der Waals surface area contributed by atoms with Crippen molar-refractivity contribution in [1.82, 2.24) is 4.98 Å². The number of carboxylic acid groups (broad SMARTS) is 1. The molecule has 1 heterocycles. The maximum Gasteiger partial charge on any atom is 0.360 e. The molecule has 7 heteroatoms. The summed E-state index contributed by atoms with van der Waals surface area (Å²) in [6.07, 6.45) is 0. The van der Waals surface area contributed by atoms with Crippen LogP contribution in [0.2, 0.25) is 0 Å². The number of hydrogen-bond acceptors (Lipinski definition) is 6. The molecule has 6 nitrogen and oxygen atoms in total. The second-order valence-corrected chi connectivity index (χ2v) is 7.86. The van der Waals surface area contributed by atoms with Gasteiger partial charge in [-0.3, -0.25) is 0 Å². The second-order valence-electron chi connectivity index (χ2n) is 6.83. The van der Waals surface area contributed by atoms with Crippen molar-refractivity contribution < 1.29 is 15.1 Å². The molecule has 4 rings (SSSR count). The van der Waals surface area contributed by atoms with E-state index in [0.717, 1.165) is 16.7 Å². The molecule has 0 fully saturated rings. The molecule has 0 bridgehead atoms. The number of benzene rings is 3. The minimum atomic E-state index is -1.41. The molecule has 4 aromatic rings. The highest BCUT2D eigenvalue weighted by Crippen LogP contribution is 2.47. The Labute approximate surface area is 182 Å². The zero-order valence-electron chi connectivity index (χ0n) is 16.3. The normalized spacial score (nSPS) is 11.9. The number of oxime groups is 1. The van der Waals surface area contributed by atoms with E-state index in [4.69, 9.17) is 5.73 Å². The molecule has 0 aliphatic heterocycles. The van der Waals surface area contributed by atoms with Crippen LogP contribution in [-0.2, 0) is 10.2 Å². The van der Waals surface area contributed by atoms with Crippen LogP contribution >= 0.6 is 11.3 Å². The van der Waals surface area contributed by atoms with Gasteiger partial charge in [0.2, 0.25) is 5.71 Å². The van der Waals surface area contributed by atoms with E-state index in [-0.39, 0.29) is 10.7 Å². The van der Waals surface area contributed by atoms with Crippen LogP contribution in [0, 0.1) is 0 Å². The molecule has 0 radical (unpaired) electrons. The third-order valence-corrected chi connectivity index (χ3v) is 6.13. The van der Waals surface area contributed by atoms with Crippen LogP contribution in [0.4, 0.5) is 5.00 Å². The fourth-order valence-corrected chi connectivity index (χ4v) is 4.88. The van der Waals surface area contributed by atoms with Gasteiger partial charge in [0.15, 0.2) is 0 Å². The van der Waals surface area contributed by atoms with Crippen LogP contribution in [-0.4, -0.2) is 27.0 Å². The molecular formula is C24H19N3O3S. The van der Waals surface area contributed by atoms with E-state index in [9.17, 15) is 15.1 Å². The minimum absolute atomic E-state index is 0.0535. The molecule has 0 aliphatic carbocycles.